The van der Waals surface area contributed by atoms with Gasteiger partial charge in [0.05, 0.1) is 17.3 Å². The zero-order valence-electron chi connectivity index (χ0n) is 14.1. The maximum atomic E-state index is 12.7. The predicted octanol–water partition coefficient (Wildman–Crippen LogP) is 2.85. The maximum absolute atomic E-state index is 12.7. The van der Waals surface area contributed by atoms with Crippen LogP contribution in [0.5, 0.6) is 0 Å². The van der Waals surface area contributed by atoms with E-state index in [9.17, 15) is 18.0 Å². The zero-order valence-corrected chi connectivity index (χ0v) is 14.1. The van der Waals surface area contributed by atoms with Crippen molar-refractivity contribution < 1.29 is 18.0 Å². The van der Waals surface area contributed by atoms with Gasteiger partial charge in [-0.3, -0.25) is 4.79 Å². The predicted molar refractivity (Wildman–Crippen MR) is 87.5 cm³/mol. The highest BCUT2D eigenvalue weighted by molar-refractivity contribution is 5.92. The van der Waals surface area contributed by atoms with Gasteiger partial charge in [0, 0.05) is 25.2 Å². The minimum Gasteiger partial charge on any atom is -0.363 e. The van der Waals surface area contributed by atoms with Gasteiger partial charge in [-0.25, -0.2) is 9.97 Å². The number of likely N-dealkylation sites (tertiary alicyclic amines) is 1. The molecular formula is C17H18F3N5O. The summed E-state index contributed by atoms with van der Waals surface area (Å²) in [5.41, 5.74) is -0.646. The summed E-state index contributed by atoms with van der Waals surface area (Å²) in [6.45, 7) is 2.89. The van der Waals surface area contributed by atoms with Gasteiger partial charge in [0.1, 0.15) is 17.3 Å². The highest BCUT2D eigenvalue weighted by Gasteiger charge is 2.54. The second kappa shape index (κ2) is 5.72. The molecule has 138 valence electrons. The van der Waals surface area contributed by atoms with Gasteiger partial charge in [-0.15, -0.1) is 0 Å². The lowest BCUT2D eigenvalue weighted by Crippen LogP contribution is -2.53. The fourth-order valence-electron chi connectivity index (χ4n) is 3.79. The summed E-state index contributed by atoms with van der Waals surface area (Å²) in [4.78, 5) is 25.3. The van der Waals surface area contributed by atoms with Crippen LogP contribution in [0.25, 0.3) is 0 Å². The average molecular weight is 365 g/mol. The van der Waals surface area contributed by atoms with Crippen LogP contribution in [0.1, 0.15) is 34.7 Å². The number of imidazole rings is 1. The lowest BCUT2D eigenvalue weighted by Gasteiger charge is -2.44. The molecule has 0 bridgehead atoms. The Labute approximate surface area is 147 Å². The van der Waals surface area contributed by atoms with E-state index in [1.54, 1.807) is 11.8 Å². The molecule has 1 saturated carbocycles. The molecule has 2 aromatic heterocycles. The first-order chi connectivity index (χ1) is 12.3. The number of fused-ring (bicyclic) bond motifs is 1. The molecule has 26 heavy (non-hydrogen) atoms. The van der Waals surface area contributed by atoms with Crippen LogP contribution in [0.15, 0.2) is 24.5 Å². The summed E-state index contributed by atoms with van der Waals surface area (Å²) in [5.74, 6) is 1.23. The molecule has 6 nitrogen and oxygen atoms in total. The first kappa shape index (κ1) is 16.9. The Morgan fingerprint density at radius 3 is 2.69 bits per heavy atom. The largest absolute Gasteiger partial charge is 0.417 e. The molecule has 0 radical (unpaired) electrons. The number of nitrogens with zero attached hydrogens (tertiary/aromatic N) is 3. The lowest BCUT2D eigenvalue weighted by molar-refractivity contribution is -0.137. The molecule has 2 fully saturated rings. The van der Waals surface area contributed by atoms with Crippen molar-refractivity contribution >= 4 is 11.7 Å². The summed E-state index contributed by atoms with van der Waals surface area (Å²) in [5, 5.41) is 3.28. The Morgan fingerprint density at radius 2 is 2.15 bits per heavy atom. The molecule has 1 amide bonds. The number of rotatable bonds is 3. The van der Waals surface area contributed by atoms with Crippen LogP contribution in [-0.4, -0.2) is 44.4 Å². The number of aromatic amines is 1. The second-order valence-electron chi connectivity index (χ2n) is 7.01. The molecule has 2 aromatic rings. The van der Waals surface area contributed by atoms with E-state index in [1.807, 2.05) is 0 Å². The molecule has 2 N–H and O–H groups in total. The number of nitrogens with one attached hydrogen (secondary N) is 2. The first-order valence-corrected chi connectivity index (χ1v) is 8.39. The number of carbonyl (C=O) groups is 1. The molecule has 1 saturated heterocycles. The summed E-state index contributed by atoms with van der Waals surface area (Å²) < 4.78 is 38.0. The second-order valence-corrected chi connectivity index (χ2v) is 7.01. The summed E-state index contributed by atoms with van der Waals surface area (Å²) >= 11 is 0. The molecule has 4 rings (SSSR count). The summed E-state index contributed by atoms with van der Waals surface area (Å²) in [6, 6.07) is 2.36. The van der Waals surface area contributed by atoms with Crippen LogP contribution in [-0.2, 0) is 6.18 Å². The molecule has 2 atom stereocenters. The van der Waals surface area contributed by atoms with E-state index in [0.717, 1.165) is 25.1 Å². The van der Waals surface area contributed by atoms with Crippen LogP contribution >= 0.6 is 0 Å². The zero-order chi connectivity index (χ0) is 18.5. The summed E-state index contributed by atoms with van der Waals surface area (Å²) in [7, 11) is 0. The minimum atomic E-state index is -4.40. The Bertz CT molecular complexity index is 832. The SMILES string of the molecule is Cc1ncc(C(=O)N2CC3CCC3(Nc3ccc(C(F)(F)F)cn3)C2)[nH]1. The van der Waals surface area contributed by atoms with Crippen LogP contribution in [0.4, 0.5) is 19.0 Å². The van der Waals surface area contributed by atoms with Crippen LogP contribution < -0.4 is 5.32 Å². The van der Waals surface area contributed by atoms with Crippen LogP contribution in [0.2, 0.25) is 0 Å². The van der Waals surface area contributed by atoms with E-state index in [4.69, 9.17) is 0 Å². The first-order valence-electron chi connectivity index (χ1n) is 8.39. The molecule has 1 aliphatic heterocycles. The van der Waals surface area contributed by atoms with Crippen molar-refractivity contribution in [2.75, 3.05) is 18.4 Å². The third kappa shape index (κ3) is 2.81. The molecule has 2 unspecified atom stereocenters. The quantitative estimate of drug-likeness (QED) is 0.877. The van der Waals surface area contributed by atoms with Gasteiger partial charge in [-0.05, 0) is 31.9 Å². The number of anilines is 1. The van der Waals surface area contributed by atoms with Gasteiger partial charge >= 0.3 is 6.18 Å². The maximum Gasteiger partial charge on any atom is 0.417 e. The molecule has 0 aromatic carbocycles. The highest BCUT2D eigenvalue weighted by Crippen LogP contribution is 2.46. The number of halogens is 3. The Balaban J connectivity index is 1.48. The number of alkyl halides is 3. The number of hydrogen-bond donors (Lipinski definition) is 2. The fourth-order valence-corrected chi connectivity index (χ4v) is 3.79. The summed E-state index contributed by atoms with van der Waals surface area (Å²) in [6.07, 6.45) is -0.222. The topological polar surface area (TPSA) is 73.9 Å². The van der Waals surface area contributed by atoms with E-state index in [1.165, 1.54) is 12.3 Å². The highest BCUT2D eigenvalue weighted by atomic mass is 19.4. The molecule has 0 spiro atoms. The van der Waals surface area contributed by atoms with E-state index < -0.39 is 11.7 Å². The number of pyridine rings is 1. The van der Waals surface area contributed by atoms with E-state index in [-0.39, 0.29) is 17.4 Å². The van der Waals surface area contributed by atoms with Crippen molar-refractivity contribution in [2.45, 2.75) is 31.5 Å². The van der Waals surface area contributed by atoms with Crippen molar-refractivity contribution in [3.63, 3.8) is 0 Å². The standard InChI is InChI=1S/C17H18F3N5O/c1-10-21-7-13(23-10)15(26)25-8-12-4-5-16(12,9-25)24-14-3-2-11(6-22-14)17(18,19)20/h2-3,6-7,12H,4-5,8-9H2,1H3,(H,21,23)(H,22,24). The number of aryl methyl sites for hydroxylation is 1. The van der Waals surface area contributed by atoms with Gasteiger partial charge in [0.15, 0.2) is 0 Å². The van der Waals surface area contributed by atoms with Gasteiger partial charge in [-0.2, -0.15) is 13.2 Å². The number of H-pyrrole nitrogens is 1. The van der Waals surface area contributed by atoms with Crippen molar-refractivity contribution in [2.24, 2.45) is 5.92 Å². The Morgan fingerprint density at radius 1 is 1.35 bits per heavy atom. The molecular weight excluding hydrogens is 347 g/mol. The minimum absolute atomic E-state index is 0.110. The normalized spacial score (nSPS) is 24.9. The van der Waals surface area contributed by atoms with Gasteiger partial charge < -0.3 is 15.2 Å². The number of amides is 1. The van der Waals surface area contributed by atoms with Gasteiger partial charge in [0.25, 0.3) is 5.91 Å². The van der Waals surface area contributed by atoms with Gasteiger partial charge in [0.2, 0.25) is 0 Å². The number of aromatic nitrogens is 3. The Hall–Kier alpha value is -2.58. The average Bonchev–Trinajstić information content (AvgIpc) is 3.11. The molecule has 3 heterocycles. The third-order valence-corrected chi connectivity index (χ3v) is 5.32. The monoisotopic (exact) mass is 365 g/mol. The van der Waals surface area contributed by atoms with Gasteiger partial charge in [-0.1, -0.05) is 0 Å². The van der Waals surface area contributed by atoms with Crippen molar-refractivity contribution in [3.05, 3.63) is 41.6 Å². The fraction of sp³-hybridized carbons (Fsp3) is 0.471. The van der Waals surface area contributed by atoms with E-state index in [2.05, 4.69) is 20.3 Å². The van der Waals surface area contributed by atoms with Crippen molar-refractivity contribution in [1.29, 1.82) is 0 Å². The smallest absolute Gasteiger partial charge is 0.363 e. The molecule has 1 aliphatic carbocycles. The molecule has 9 heteroatoms. The third-order valence-electron chi connectivity index (χ3n) is 5.32. The number of hydrogen-bond acceptors (Lipinski definition) is 4. The lowest BCUT2D eigenvalue weighted by atomic mass is 9.69. The van der Waals surface area contributed by atoms with E-state index in [0.29, 0.717) is 30.4 Å². The van der Waals surface area contributed by atoms with Crippen LogP contribution in [0.3, 0.4) is 0 Å². The molecule has 2 aliphatic rings. The number of carbonyl (C=O) groups excluding carboxylic acids is 1. The van der Waals surface area contributed by atoms with Crippen LogP contribution in [0, 0.1) is 12.8 Å². The van der Waals surface area contributed by atoms with Crippen molar-refractivity contribution in [3.8, 4) is 0 Å². The Kier molecular flexibility index (Phi) is 3.71. The van der Waals surface area contributed by atoms with E-state index >= 15 is 0 Å². The van der Waals surface area contributed by atoms with Crippen molar-refractivity contribution in [1.82, 2.24) is 19.9 Å².